The number of aromatic nitrogens is 2. The lowest BCUT2D eigenvalue weighted by Gasteiger charge is -2.24. The lowest BCUT2D eigenvalue weighted by Crippen LogP contribution is -2.30. The van der Waals surface area contributed by atoms with Gasteiger partial charge in [0.15, 0.2) is 15.9 Å². The van der Waals surface area contributed by atoms with Crippen molar-refractivity contribution in [1.29, 1.82) is 0 Å². The molecule has 0 saturated heterocycles. The van der Waals surface area contributed by atoms with Gasteiger partial charge in [-0.3, -0.25) is 14.5 Å². The second kappa shape index (κ2) is 11.9. The molecule has 1 aliphatic rings. The minimum atomic E-state index is -0.984. The first-order valence-electron chi connectivity index (χ1n) is 11.5. The lowest BCUT2D eigenvalue weighted by atomic mass is 9.96. The fourth-order valence-electron chi connectivity index (χ4n) is 3.96. The Labute approximate surface area is 247 Å². The van der Waals surface area contributed by atoms with Crippen molar-refractivity contribution < 1.29 is 14.7 Å². The van der Waals surface area contributed by atoms with E-state index in [0.717, 1.165) is 11.1 Å². The van der Waals surface area contributed by atoms with Gasteiger partial charge in [0.25, 0.3) is 5.91 Å². The van der Waals surface area contributed by atoms with E-state index in [1.807, 2.05) is 54.6 Å². The number of nitrogens with zero attached hydrogens (tertiary/aromatic N) is 3. The standard InChI is InChI=1S/C28H18Cl3N3O3S2/c29-19-10-6-17(7-11-19)15-38-28-33-32-27(39-28)34-24(18-9-12-20(30)21(31)14-18)23(25(36)26(34)37)22(35)13-8-16-4-2-1-3-5-16/h1-14,24,36H,15H2/b13-8+. The zero-order chi connectivity index (χ0) is 27.5. The van der Waals surface area contributed by atoms with Gasteiger partial charge in [0.1, 0.15) is 0 Å². The zero-order valence-electron chi connectivity index (χ0n) is 19.9. The maximum Gasteiger partial charge on any atom is 0.296 e. The third kappa shape index (κ3) is 6.05. The van der Waals surface area contributed by atoms with E-state index < -0.39 is 23.5 Å². The van der Waals surface area contributed by atoms with Crippen molar-refractivity contribution in [3.05, 3.63) is 122 Å². The summed E-state index contributed by atoms with van der Waals surface area (Å²) in [4.78, 5) is 28.0. The number of anilines is 1. The molecule has 3 aromatic carbocycles. The molecule has 0 aliphatic carbocycles. The van der Waals surface area contributed by atoms with E-state index in [9.17, 15) is 14.7 Å². The van der Waals surface area contributed by atoms with Crippen molar-refractivity contribution in [2.45, 2.75) is 16.1 Å². The molecule has 0 spiro atoms. The van der Waals surface area contributed by atoms with Gasteiger partial charge < -0.3 is 5.11 Å². The quantitative estimate of drug-likeness (QED) is 0.123. The number of aliphatic hydroxyl groups excluding tert-OH is 1. The molecule has 4 aromatic rings. The molecule has 0 radical (unpaired) electrons. The third-order valence-electron chi connectivity index (χ3n) is 5.84. The summed E-state index contributed by atoms with van der Waals surface area (Å²) in [7, 11) is 0. The number of hydrogen-bond acceptors (Lipinski definition) is 7. The van der Waals surface area contributed by atoms with Crippen LogP contribution >= 0.6 is 57.9 Å². The topological polar surface area (TPSA) is 83.4 Å². The first-order valence-corrected chi connectivity index (χ1v) is 14.5. The Hall–Kier alpha value is -3.14. The molecule has 2 heterocycles. The van der Waals surface area contributed by atoms with Gasteiger partial charge in [0, 0.05) is 10.8 Å². The first-order chi connectivity index (χ1) is 18.8. The number of hydrogen-bond donors (Lipinski definition) is 1. The number of halogens is 3. The minimum absolute atomic E-state index is 0.0869. The number of amides is 1. The van der Waals surface area contributed by atoms with Crippen molar-refractivity contribution in [2.75, 3.05) is 4.90 Å². The van der Waals surface area contributed by atoms with E-state index in [1.54, 1.807) is 24.3 Å². The zero-order valence-corrected chi connectivity index (χ0v) is 23.8. The number of ketones is 1. The van der Waals surface area contributed by atoms with E-state index >= 15 is 0 Å². The van der Waals surface area contributed by atoms with Crippen LogP contribution < -0.4 is 4.90 Å². The van der Waals surface area contributed by atoms with E-state index in [-0.39, 0.29) is 15.7 Å². The van der Waals surface area contributed by atoms with Crippen molar-refractivity contribution in [1.82, 2.24) is 10.2 Å². The molecule has 196 valence electrons. The molecular formula is C28H18Cl3N3O3S2. The average molecular weight is 615 g/mol. The van der Waals surface area contributed by atoms with Crippen molar-refractivity contribution in [2.24, 2.45) is 0 Å². The second-order valence-corrected chi connectivity index (χ2v) is 11.8. The molecule has 39 heavy (non-hydrogen) atoms. The monoisotopic (exact) mass is 613 g/mol. The summed E-state index contributed by atoms with van der Waals surface area (Å²) >= 11 is 21.0. The number of carbonyl (C=O) groups excluding carboxylic acids is 2. The Morgan fingerprint density at radius 3 is 2.46 bits per heavy atom. The smallest absolute Gasteiger partial charge is 0.296 e. The number of aliphatic hydroxyl groups is 1. The van der Waals surface area contributed by atoms with Crippen LogP contribution in [0.5, 0.6) is 0 Å². The summed E-state index contributed by atoms with van der Waals surface area (Å²) in [5.74, 6) is -1.31. The Bertz CT molecular complexity index is 1610. The van der Waals surface area contributed by atoms with Crippen LogP contribution in [0.25, 0.3) is 6.08 Å². The summed E-state index contributed by atoms with van der Waals surface area (Å²) in [6.45, 7) is 0. The minimum Gasteiger partial charge on any atom is -0.503 e. The van der Waals surface area contributed by atoms with Crippen LogP contribution in [0.15, 0.2) is 94.5 Å². The number of rotatable bonds is 8. The number of allylic oxidation sites excluding steroid dienone is 1. The summed E-state index contributed by atoms with van der Waals surface area (Å²) < 4.78 is 0.615. The van der Waals surface area contributed by atoms with Gasteiger partial charge in [0.2, 0.25) is 5.13 Å². The van der Waals surface area contributed by atoms with Gasteiger partial charge in [-0.15, -0.1) is 10.2 Å². The molecule has 6 nitrogen and oxygen atoms in total. The molecule has 0 bridgehead atoms. The Kier molecular flexibility index (Phi) is 8.40. The molecule has 1 amide bonds. The van der Waals surface area contributed by atoms with Gasteiger partial charge in [-0.25, -0.2) is 0 Å². The molecule has 11 heteroatoms. The van der Waals surface area contributed by atoms with Crippen LogP contribution in [-0.2, 0) is 15.3 Å². The molecular weight excluding hydrogens is 597 g/mol. The maximum atomic E-state index is 13.4. The molecule has 5 rings (SSSR count). The van der Waals surface area contributed by atoms with Crippen LogP contribution in [0.3, 0.4) is 0 Å². The molecule has 1 atom stereocenters. The summed E-state index contributed by atoms with van der Waals surface area (Å²) in [6, 6.07) is 20.5. The third-order valence-corrected chi connectivity index (χ3v) is 8.96. The largest absolute Gasteiger partial charge is 0.503 e. The molecule has 1 N–H and O–H groups in total. The predicted molar refractivity (Wildman–Crippen MR) is 158 cm³/mol. The second-order valence-electron chi connectivity index (χ2n) is 8.39. The van der Waals surface area contributed by atoms with Crippen LogP contribution in [0.4, 0.5) is 5.13 Å². The predicted octanol–water partition coefficient (Wildman–Crippen LogP) is 7.97. The fraction of sp³-hybridized carbons (Fsp3) is 0.0714. The lowest BCUT2D eigenvalue weighted by molar-refractivity contribution is -0.117. The van der Waals surface area contributed by atoms with Gasteiger partial charge in [-0.2, -0.15) is 0 Å². The van der Waals surface area contributed by atoms with Crippen molar-refractivity contribution >= 4 is 80.8 Å². The van der Waals surface area contributed by atoms with Crippen LogP contribution in [-0.4, -0.2) is 27.0 Å². The molecule has 1 aromatic heterocycles. The average Bonchev–Trinajstić information content (AvgIpc) is 3.51. The Balaban J connectivity index is 1.47. The van der Waals surface area contributed by atoms with Gasteiger partial charge >= 0.3 is 0 Å². The number of carbonyl (C=O) groups is 2. The SMILES string of the molecule is O=C(/C=C/c1ccccc1)C1=C(O)C(=O)N(c2nnc(SCc3ccc(Cl)cc3)s2)C1c1ccc(Cl)c(Cl)c1. The van der Waals surface area contributed by atoms with Crippen LogP contribution in [0.2, 0.25) is 15.1 Å². The highest BCUT2D eigenvalue weighted by atomic mass is 35.5. The maximum absolute atomic E-state index is 13.4. The van der Waals surface area contributed by atoms with E-state index in [1.165, 1.54) is 34.1 Å². The number of thioether (sulfide) groups is 1. The highest BCUT2D eigenvalue weighted by Gasteiger charge is 2.45. The number of benzene rings is 3. The first kappa shape index (κ1) is 27.4. The highest BCUT2D eigenvalue weighted by Crippen LogP contribution is 2.44. The van der Waals surface area contributed by atoms with E-state index in [0.29, 0.717) is 25.7 Å². The van der Waals surface area contributed by atoms with Crippen molar-refractivity contribution in [3.63, 3.8) is 0 Å². The van der Waals surface area contributed by atoms with Crippen LogP contribution in [0.1, 0.15) is 22.7 Å². The molecule has 1 unspecified atom stereocenters. The van der Waals surface area contributed by atoms with Gasteiger partial charge in [-0.05, 0) is 47.0 Å². The summed E-state index contributed by atoms with van der Waals surface area (Å²) in [5, 5.41) is 20.8. The summed E-state index contributed by atoms with van der Waals surface area (Å²) in [6.07, 6.45) is 2.95. The highest BCUT2D eigenvalue weighted by molar-refractivity contribution is 8.00. The molecule has 0 saturated carbocycles. The van der Waals surface area contributed by atoms with Crippen molar-refractivity contribution in [3.8, 4) is 0 Å². The molecule has 0 fully saturated rings. The summed E-state index contributed by atoms with van der Waals surface area (Å²) in [5.41, 5.74) is 2.24. The van der Waals surface area contributed by atoms with E-state index in [2.05, 4.69) is 10.2 Å². The van der Waals surface area contributed by atoms with Gasteiger partial charge in [-0.1, -0.05) is 113 Å². The Morgan fingerprint density at radius 2 is 1.74 bits per heavy atom. The van der Waals surface area contributed by atoms with Gasteiger partial charge in [0.05, 0.1) is 21.7 Å². The fourth-order valence-corrected chi connectivity index (χ4v) is 6.22. The molecule has 1 aliphatic heterocycles. The Morgan fingerprint density at radius 1 is 1.00 bits per heavy atom. The van der Waals surface area contributed by atoms with E-state index in [4.69, 9.17) is 34.8 Å². The van der Waals surface area contributed by atoms with Crippen LogP contribution in [0, 0.1) is 0 Å². The normalized spacial score (nSPS) is 15.5.